The molecule has 0 aliphatic rings. The summed E-state index contributed by atoms with van der Waals surface area (Å²) in [4.78, 5) is 25.6. The standard InChI is InChI=1S/C20H19N5O4S/c1-12-16(19(27)25(24(12)3)14-8-5-4-6-9-14)21-17(26)13(2)30-20-23-22-18(29-20)15-10-7-11-28-15/h4-11,13H,1-3H3,(H,21,26). The van der Waals surface area contributed by atoms with E-state index in [0.29, 0.717) is 17.1 Å². The van der Waals surface area contributed by atoms with Gasteiger partial charge in [0.15, 0.2) is 5.76 Å². The molecule has 0 fully saturated rings. The van der Waals surface area contributed by atoms with E-state index in [2.05, 4.69) is 15.5 Å². The molecule has 1 amide bonds. The Morgan fingerprint density at radius 3 is 2.63 bits per heavy atom. The molecule has 0 saturated carbocycles. The second kappa shape index (κ2) is 8.07. The van der Waals surface area contributed by atoms with Gasteiger partial charge >= 0.3 is 0 Å². The molecule has 0 aliphatic carbocycles. The first-order chi connectivity index (χ1) is 14.5. The van der Waals surface area contributed by atoms with E-state index in [9.17, 15) is 9.59 Å². The summed E-state index contributed by atoms with van der Waals surface area (Å²) in [7, 11) is 1.77. The fraction of sp³-hybridized carbons (Fsp3) is 0.200. The average molecular weight is 425 g/mol. The predicted octanol–water partition coefficient (Wildman–Crippen LogP) is 3.25. The van der Waals surface area contributed by atoms with Crippen LogP contribution in [0, 0.1) is 6.92 Å². The Bertz CT molecular complexity index is 1220. The molecule has 3 heterocycles. The van der Waals surface area contributed by atoms with Crippen molar-refractivity contribution in [3.63, 3.8) is 0 Å². The summed E-state index contributed by atoms with van der Waals surface area (Å²) in [6, 6.07) is 12.7. The van der Waals surface area contributed by atoms with Crippen LogP contribution in [-0.4, -0.2) is 30.7 Å². The number of aromatic nitrogens is 4. The monoisotopic (exact) mass is 425 g/mol. The van der Waals surface area contributed by atoms with Crippen molar-refractivity contribution in [2.75, 3.05) is 5.32 Å². The van der Waals surface area contributed by atoms with Crippen LogP contribution in [0.5, 0.6) is 0 Å². The van der Waals surface area contributed by atoms with E-state index in [1.807, 2.05) is 30.3 Å². The molecule has 0 aliphatic heterocycles. The molecule has 30 heavy (non-hydrogen) atoms. The lowest BCUT2D eigenvalue weighted by atomic mass is 10.3. The van der Waals surface area contributed by atoms with Crippen LogP contribution < -0.4 is 10.9 Å². The summed E-state index contributed by atoms with van der Waals surface area (Å²) in [5.41, 5.74) is 1.30. The Hall–Kier alpha value is -3.53. The van der Waals surface area contributed by atoms with Crippen LogP contribution in [0.3, 0.4) is 0 Å². The van der Waals surface area contributed by atoms with Gasteiger partial charge in [-0.15, -0.1) is 10.2 Å². The van der Waals surface area contributed by atoms with Crippen molar-refractivity contribution >= 4 is 23.4 Å². The predicted molar refractivity (Wildman–Crippen MR) is 112 cm³/mol. The van der Waals surface area contributed by atoms with E-state index < -0.39 is 5.25 Å². The smallest absolute Gasteiger partial charge is 0.295 e. The Morgan fingerprint density at radius 1 is 1.17 bits per heavy atom. The van der Waals surface area contributed by atoms with Gasteiger partial charge in [0, 0.05) is 7.05 Å². The molecule has 0 saturated heterocycles. The number of thioether (sulfide) groups is 1. The molecular weight excluding hydrogens is 406 g/mol. The van der Waals surface area contributed by atoms with Gasteiger partial charge in [-0.05, 0) is 38.1 Å². The van der Waals surface area contributed by atoms with Gasteiger partial charge in [-0.2, -0.15) is 0 Å². The number of carbonyl (C=O) groups excluding carboxylic acids is 1. The second-order valence-corrected chi connectivity index (χ2v) is 7.83. The molecule has 4 rings (SSSR count). The number of rotatable bonds is 6. The van der Waals surface area contributed by atoms with Gasteiger partial charge in [0.2, 0.25) is 5.91 Å². The highest BCUT2D eigenvalue weighted by Crippen LogP contribution is 2.27. The molecule has 1 atom stereocenters. The zero-order valence-corrected chi connectivity index (χ0v) is 17.3. The molecule has 0 bridgehead atoms. The first-order valence-electron chi connectivity index (χ1n) is 9.14. The third kappa shape index (κ3) is 3.69. The number of nitrogens with zero attached hydrogens (tertiary/aromatic N) is 4. The maximum absolute atomic E-state index is 12.9. The molecule has 3 aromatic heterocycles. The quantitative estimate of drug-likeness (QED) is 0.472. The van der Waals surface area contributed by atoms with Crippen LogP contribution in [0.2, 0.25) is 0 Å². The first kappa shape index (κ1) is 19.8. The Balaban J connectivity index is 1.51. The van der Waals surface area contributed by atoms with Crippen molar-refractivity contribution < 1.29 is 13.6 Å². The number of furan rings is 1. The Kier molecular flexibility index (Phi) is 5.32. The first-order valence-corrected chi connectivity index (χ1v) is 10.0. The van der Waals surface area contributed by atoms with E-state index in [1.165, 1.54) is 10.9 Å². The summed E-state index contributed by atoms with van der Waals surface area (Å²) in [6.45, 7) is 3.48. The molecule has 154 valence electrons. The number of benzene rings is 1. The van der Waals surface area contributed by atoms with Crippen molar-refractivity contribution in [2.24, 2.45) is 7.05 Å². The van der Waals surface area contributed by atoms with Crippen molar-refractivity contribution in [3.05, 3.63) is 64.8 Å². The molecule has 0 radical (unpaired) electrons. The van der Waals surface area contributed by atoms with Crippen molar-refractivity contribution in [2.45, 2.75) is 24.3 Å². The SMILES string of the molecule is Cc1c(NC(=O)C(C)Sc2nnc(-c3ccco3)o2)c(=O)n(-c2ccccc2)n1C. The summed E-state index contributed by atoms with van der Waals surface area (Å²) in [5.74, 6) is 0.344. The van der Waals surface area contributed by atoms with Gasteiger partial charge < -0.3 is 14.2 Å². The van der Waals surface area contributed by atoms with Crippen molar-refractivity contribution in [1.82, 2.24) is 19.6 Å². The molecule has 1 aromatic carbocycles. The number of nitrogens with one attached hydrogen (secondary N) is 1. The Labute approximate surface area is 175 Å². The van der Waals surface area contributed by atoms with Crippen LogP contribution in [0.15, 0.2) is 67.6 Å². The minimum atomic E-state index is -0.570. The second-order valence-electron chi connectivity index (χ2n) is 6.54. The molecule has 9 nitrogen and oxygen atoms in total. The number of para-hydroxylation sites is 1. The van der Waals surface area contributed by atoms with Crippen LogP contribution in [0.25, 0.3) is 17.3 Å². The van der Waals surface area contributed by atoms with Crippen molar-refractivity contribution in [3.8, 4) is 17.3 Å². The average Bonchev–Trinajstić information content (AvgIpc) is 3.47. The number of anilines is 1. The zero-order chi connectivity index (χ0) is 21.3. The van der Waals surface area contributed by atoms with Crippen LogP contribution in [0.4, 0.5) is 5.69 Å². The molecule has 10 heteroatoms. The summed E-state index contributed by atoms with van der Waals surface area (Å²) in [6.07, 6.45) is 1.51. The maximum Gasteiger partial charge on any atom is 0.295 e. The highest BCUT2D eigenvalue weighted by atomic mass is 32.2. The molecule has 1 N–H and O–H groups in total. The number of carbonyl (C=O) groups is 1. The summed E-state index contributed by atoms with van der Waals surface area (Å²) < 4.78 is 14.0. The van der Waals surface area contributed by atoms with Gasteiger partial charge in [-0.3, -0.25) is 14.3 Å². The van der Waals surface area contributed by atoms with Crippen LogP contribution in [-0.2, 0) is 11.8 Å². The molecular formula is C20H19N5O4S. The number of amides is 1. The van der Waals surface area contributed by atoms with E-state index >= 15 is 0 Å². The van der Waals surface area contributed by atoms with Gasteiger partial charge in [-0.1, -0.05) is 30.0 Å². The van der Waals surface area contributed by atoms with Crippen molar-refractivity contribution in [1.29, 1.82) is 0 Å². The lowest BCUT2D eigenvalue weighted by molar-refractivity contribution is -0.115. The van der Waals surface area contributed by atoms with E-state index in [1.54, 1.807) is 37.7 Å². The van der Waals surface area contributed by atoms with Gasteiger partial charge in [0.1, 0.15) is 5.69 Å². The minimum Gasteiger partial charge on any atom is -0.459 e. The topological polar surface area (TPSA) is 108 Å². The minimum absolute atomic E-state index is 0.232. The number of hydrogen-bond acceptors (Lipinski definition) is 7. The third-order valence-electron chi connectivity index (χ3n) is 4.59. The molecule has 0 spiro atoms. The third-order valence-corrected chi connectivity index (χ3v) is 5.52. The summed E-state index contributed by atoms with van der Waals surface area (Å²) >= 11 is 1.10. The normalized spacial score (nSPS) is 12.1. The van der Waals surface area contributed by atoms with Gasteiger partial charge in [0.25, 0.3) is 16.7 Å². The highest BCUT2D eigenvalue weighted by Gasteiger charge is 2.23. The maximum atomic E-state index is 12.9. The summed E-state index contributed by atoms with van der Waals surface area (Å²) in [5, 5.41) is 10.2. The van der Waals surface area contributed by atoms with Crippen LogP contribution in [0.1, 0.15) is 12.6 Å². The largest absolute Gasteiger partial charge is 0.459 e. The van der Waals surface area contributed by atoms with Crippen LogP contribution >= 0.6 is 11.8 Å². The lowest BCUT2D eigenvalue weighted by Crippen LogP contribution is -2.27. The Morgan fingerprint density at radius 2 is 1.93 bits per heavy atom. The zero-order valence-electron chi connectivity index (χ0n) is 16.5. The van der Waals surface area contributed by atoms with Gasteiger partial charge in [0.05, 0.1) is 22.9 Å². The lowest BCUT2D eigenvalue weighted by Gasteiger charge is -2.08. The number of hydrogen-bond donors (Lipinski definition) is 1. The van der Waals surface area contributed by atoms with E-state index in [-0.39, 0.29) is 28.3 Å². The molecule has 1 unspecified atom stereocenters. The fourth-order valence-corrected chi connectivity index (χ4v) is 3.58. The van der Waals surface area contributed by atoms with E-state index in [0.717, 1.165) is 11.8 Å². The molecule has 4 aromatic rings. The van der Waals surface area contributed by atoms with E-state index in [4.69, 9.17) is 8.83 Å². The highest BCUT2D eigenvalue weighted by molar-refractivity contribution is 8.00. The van der Waals surface area contributed by atoms with Gasteiger partial charge in [-0.25, -0.2) is 4.68 Å². The fourth-order valence-electron chi connectivity index (χ4n) is 2.90.